The summed E-state index contributed by atoms with van der Waals surface area (Å²) in [6.45, 7) is 3.32. The van der Waals surface area contributed by atoms with Gasteiger partial charge < -0.3 is 15.8 Å². The average Bonchev–Trinajstić information content (AvgIpc) is 2.49. The fourth-order valence-corrected chi connectivity index (χ4v) is 1.61. The Morgan fingerprint density at radius 1 is 1.71 bits per heavy atom. The lowest BCUT2D eigenvalue weighted by molar-refractivity contribution is -0.121. The normalized spacial score (nSPS) is 26.1. The van der Waals surface area contributed by atoms with Gasteiger partial charge in [0.15, 0.2) is 0 Å². The van der Waals surface area contributed by atoms with Gasteiger partial charge in [0, 0.05) is 13.2 Å². The Morgan fingerprint density at radius 2 is 2.43 bits per heavy atom. The smallest absolute Gasteiger partial charge is 0.226 e. The Kier molecular flexibility index (Phi) is 3.83. The molecule has 1 aliphatic rings. The zero-order valence-electron chi connectivity index (χ0n) is 8.34. The summed E-state index contributed by atoms with van der Waals surface area (Å²) in [4.78, 5) is 11.4. The van der Waals surface area contributed by atoms with Gasteiger partial charge in [0.25, 0.3) is 0 Å². The van der Waals surface area contributed by atoms with Gasteiger partial charge in [-0.1, -0.05) is 12.2 Å². The van der Waals surface area contributed by atoms with Gasteiger partial charge in [0.1, 0.15) is 0 Å². The topological polar surface area (TPSA) is 64.4 Å². The molecular weight excluding hydrogens is 200 g/mol. The molecule has 0 aromatic rings. The van der Waals surface area contributed by atoms with Gasteiger partial charge in [0.05, 0.1) is 17.0 Å². The fraction of sp³-hybridized carbons (Fsp3) is 0.778. The highest BCUT2D eigenvalue weighted by atomic mass is 32.1. The van der Waals surface area contributed by atoms with Crippen LogP contribution in [0.4, 0.5) is 0 Å². The van der Waals surface area contributed by atoms with E-state index >= 15 is 0 Å². The van der Waals surface area contributed by atoms with E-state index in [1.165, 1.54) is 0 Å². The second-order valence-corrected chi connectivity index (χ2v) is 4.35. The Labute approximate surface area is 89.2 Å². The van der Waals surface area contributed by atoms with Crippen LogP contribution in [-0.2, 0) is 9.53 Å². The molecule has 80 valence electrons. The number of thiocarbonyl (C=S) groups is 1. The van der Waals surface area contributed by atoms with Crippen molar-refractivity contribution in [1.29, 1.82) is 0 Å². The first kappa shape index (κ1) is 11.4. The number of nitrogens with one attached hydrogen (secondary N) is 1. The molecule has 1 unspecified atom stereocenters. The lowest BCUT2D eigenvalue weighted by atomic mass is 10.0. The molecule has 1 amide bonds. The Hall–Kier alpha value is -0.680. The monoisotopic (exact) mass is 216 g/mol. The van der Waals surface area contributed by atoms with Crippen LogP contribution in [0.3, 0.4) is 0 Å². The number of carbonyl (C=O) groups excluding carboxylic acids is 1. The molecule has 0 aliphatic carbocycles. The summed E-state index contributed by atoms with van der Waals surface area (Å²) in [6, 6.07) is 0. The third-order valence-electron chi connectivity index (χ3n) is 2.29. The molecule has 0 aromatic carbocycles. The highest BCUT2D eigenvalue weighted by molar-refractivity contribution is 7.80. The van der Waals surface area contributed by atoms with Crippen LogP contribution in [0, 0.1) is 0 Å². The first-order valence-electron chi connectivity index (χ1n) is 4.71. The lowest BCUT2D eigenvalue weighted by Gasteiger charge is -2.23. The van der Waals surface area contributed by atoms with Crippen LogP contribution in [0.25, 0.3) is 0 Å². The van der Waals surface area contributed by atoms with Crippen LogP contribution in [0.15, 0.2) is 0 Å². The third-order valence-corrected chi connectivity index (χ3v) is 2.44. The minimum absolute atomic E-state index is 0.116. The molecule has 1 saturated heterocycles. The number of amides is 1. The van der Waals surface area contributed by atoms with Gasteiger partial charge in [-0.25, -0.2) is 0 Å². The molecule has 1 rings (SSSR count). The molecule has 1 aliphatic heterocycles. The summed E-state index contributed by atoms with van der Waals surface area (Å²) in [6.07, 6.45) is 2.16. The second kappa shape index (κ2) is 4.70. The molecule has 4 nitrogen and oxygen atoms in total. The van der Waals surface area contributed by atoms with E-state index in [0.29, 0.717) is 6.54 Å². The minimum atomic E-state index is -0.203. The standard InChI is InChI=1S/C9H16N2O2S/c1-9(3-2-4-13-9)6-11-8(12)5-7(10)14/h2-6H2,1H3,(H2,10,14)(H,11,12). The van der Waals surface area contributed by atoms with Crippen molar-refractivity contribution in [2.45, 2.75) is 31.8 Å². The molecule has 0 saturated carbocycles. The fourth-order valence-electron chi connectivity index (χ4n) is 1.48. The number of carbonyl (C=O) groups is 1. The third kappa shape index (κ3) is 3.59. The summed E-state index contributed by atoms with van der Waals surface area (Å²) in [5, 5.41) is 2.76. The van der Waals surface area contributed by atoms with E-state index in [1.54, 1.807) is 0 Å². The van der Waals surface area contributed by atoms with E-state index in [1.807, 2.05) is 6.92 Å². The predicted molar refractivity (Wildman–Crippen MR) is 58.0 cm³/mol. The Morgan fingerprint density at radius 3 is 2.93 bits per heavy atom. The average molecular weight is 216 g/mol. The van der Waals surface area contributed by atoms with Crippen LogP contribution in [0.5, 0.6) is 0 Å². The Bertz CT molecular complexity index is 237. The largest absolute Gasteiger partial charge is 0.393 e. The number of rotatable bonds is 4. The number of nitrogens with two attached hydrogens (primary N) is 1. The highest BCUT2D eigenvalue weighted by Crippen LogP contribution is 2.23. The zero-order valence-corrected chi connectivity index (χ0v) is 9.15. The first-order chi connectivity index (χ1) is 6.52. The summed E-state index contributed by atoms with van der Waals surface area (Å²) >= 11 is 4.63. The van der Waals surface area contributed by atoms with Crippen molar-refractivity contribution >= 4 is 23.1 Å². The first-order valence-corrected chi connectivity index (χ1v) is 5.12. The molecule has 0 spiro atoms. The molecule has 1 fully saturated rings. The lowest BCUT2D eigenvalue weighted by Crippen LogP contribution is -2.41. The molecule has 1 heterocycles. The van der Waals surface area contributed by atoms with E-state index in [9.17, 15) is 4.79 Å². The highest BCUT2D eigenvalue weighted by Gasteiger charge is 2.29. The van der Waals surface area contributed by atoms with E-state index in [0.717, 1.165) is 19.4 Å². The van der Waals surface area contributed by atoms with Gasteiger partial charge in [-0.15, -0.1) is 0 Å². The maximum atomic E-state index is 11.2. The quantitative estimate of drug-likeness (QED) is 0.665. The van der Waals surface area contributed by atoms with Crippen molar-refractivity contribution in [3.63, 3.8) is 0 Å². The van der Waals surface area contributed by atoms with Gasteiger partial charge in [-0.2, -0.15) is 0 Å². The molecule has 5 heteroatoms. The SMILES string of the molecule is CC1(CNC(=O)CC(N)=S)CCCO1. The molecule has 0 aromatic heterocycles. The molecule has 3 N–H and O–H groups in total. The predicted octanol–water partition coefficient (Wildman–Crippen LogP) is 0.348. The van der Waals surface area contributed by atoms with Crippen LogP contribution < -0.4 is 11.1 Å². The summed E-state index contributed by atoms with van der Waals surface area (Å²) in [5.41, 5.74) is 5.05. The number of ether oxygens (including phenoxy) is 1. The van der Waals surface area contributed by atoms with Crippen LogP contribution in [0.2, 0.25) is 0 Å². The summed E-state index contributed by atoms with van der Waals surface area (Å²) in [5.74, 6) is -0.130. The summed E-state index contributed by atoms with van der Waals surface area (Å²) < 4.78 is 5.52. The van der Waals surface area contributed by atoms with Crippen molar-refractivity contribution in [3.05, 3.63) is 0 Å². The maximum Gasteiger partial charge on any atom is 0.226 e. The van der Waals surface area contributed by atoms with Crippen molar-refractivity contribution in [3.8, 4) is 0 Å². The number of hydrogen-bond donors (Lipinski definition) is 2. The second-order valence-electron chi connectivity index (χ2n) is 3.82. The molecule has 0 bridgehead atoms. The zero-order chi connectivity index (χ0) is 10.6. The molecule has 0 radical (unpaired) electrons. The van der Waals surface area contributed by atoms with Crippen molar-refractivity contribution in [2.75, 3.05) is 13.2 Å². The van der Waals surface area contributed by atoms with Gasteiger partial charge >= 0.3 is 0 Å². The maximum absolute atomic E-state index is 11.2. The van der Waals surface area contributed by atoms with Gasteiger partial charge in [-0.05, 0) is 19.8 Å². The molecule has 14 heavy (non-hydrogen) atoms. The Balaban J connectivity index is 2.25. The van der Waals surface area contributed by atoms with Gasteiger partial charge in [-0.3, -0.25) is 4.79 Å². The van der Waals surface area contributed by atoms with Gasteiger partial charge in [0.2, 0.25) is 5.91 Å². The number of hydrogen-bond acceptors (Lipinski definition) is 3. The molecule has 1 atom stereocenters. The van der Waals surface area contributed by atoms with E-state index < -0.39 is 0 Å². The van der Waals surface area contributed by atoms with Crippen LogP contribution in [0.1, 0.15) is 26.2 Å². The molecular formula is C9H16N2O2S. The summed E-state index contributed by atoms with van der Waals surface area (Å²) in [7, 11) is 0. The van der Waals surface area contributed by atoms with E-state index in [-0.39, 0.29) is 22.9 Å². The minimum Gasteiger partial charge on any atom is -0.393 e. The van der Waals surface area contributed by atoms with E-state index in [2.05, 4.69) is 17.5 Å². The van der Waals surface area contributed by atoms with Crippen molar-refractivity contribution in [1.82, 2.24) is 5.32 Å². The van der Waals surface area contributed by atoms with Crippen molar-refractivity contribution < 1.29 is 9.53 Å². The van der Waals surface area contributed by atoms with Crippen LogP contribution in [-0.4, -0.2) is 29.6 Å². The van der Waals surface area contributed by atoms with Crippen LogP contribution >= 0.6 is 12.2 Å². The van der Waals surface area contributed by atoms with Crippen molar-refractivity contribution in [2.24, 2.45) is 5.73 Å². The van der Waals surface area contributed by atoms with E-state index in [4.69, 9.17) is 10.5 Å².